The summed E-state index contributed by atoms with van der Waals surface area (Å²) in [7, 11) is 0. The Balaban J connectivity index is 0.000000396. The molecule has 1 heterocycles. The maximum absolute atomic E-state index is 10.8. The van der Waals surface area contributed by atoms with Crippen molar-refractivity contribution in [3.8, 4) is 0 Å². The van der Waals surface area contributed by atoms with E-state index in [9.17, 15) is 19.2 Å². The Morgan fingerprint density at radius 2 is 1.65 bits per heavy atom. The minimum atomic E-state index is -0.793. The Morgan fingerprint density at radius 1 is 1.20 bits per heavy atom. The summed E-state index contributed by atoms with van der Waals surface area (Å²) < 4.78 is 4.58. The van der Waals surface area contributed by atoms with Crippen molar-refractivity contribution in [2.24, 2.45) is 11.5 Å². The Kier molecular flexibility index (Phi) is 6.63. The van der Waals surface area contributed by atoms with Crippen LogP contribution in [0.25, 0.3) is 0 Å². The number of hydrogen-bond acceptors (Lipinski definition) is 7. The summed E-state index contributed by atoms with van der Waals surface area (Å²) in [5.74, 6) is -1.79. The maximum atomic E-state index is 10.8. The molecule has 114 valence electrons. The van der Waals surface area contributed by atoms with E-state index in [0.29, 0.717) is 5.06 Å². The summed E-state index contributed by atoms with van der Waals surface area (Å²) in [5, 5.41) is 0.467. The predicted octanol–water partition coefficient (Wildman–Crippen LogP) is -0.567. The van der Waals surface area contributed by atoms with Crippen LogP contribution in [-0.2, 0) is 24.0 Å². The Morgan fingerprint density at radius 3 is 1.90 bits per heavy atom. The fourth-order valence-corrected chi connectivity index (χ4v) is 1.10. The molecule has 0 atom stereocenters. The average Bonchev–Trinajstić information content (AvgIpc) is 2.58. The number of carbonyl (C=O) groups is 4. The van der Waals surface area contributed by atoms with E-state index in [2.05, 4.69) is 9.57 Å². The van der Waals surface area contributed by atoms with Crippen molar-refractivity contribution in [2.75, 3.05) is 6.54 Å². The summed E-state index contributed by atoms with van der Waals surface area (Å²) in [6.07, 6.45) is -0.537. The number of hydroxylamine groups is 2. The van der Waals surface area contributed by atoms with Crippen molar-refractivity contribution >= 4 is 23.9 Å². The van der Waals surface area contributed by atoms with Crippen LogP contribution in [0.2, 0.25) is 0 Å². The van der Waals surface area contributed by atoms with Crippen LogP contribution in [0.15, 0.2) is 0 Å². The standard InChI is InChI=1S/C6H8N2O4.C5H11NO2/c7-3-6(11)12-8-4(9)1-2-5(8)10;1-5(2,3)8-4(6)7/h1-3,7H2;1-3H3,(H2,6,7). The number of amides is 3. The van der Waals surface area contributed by atoms with Crippen molar-refractivity contribution in [1.82, 2.24) is 5.06 Å². The van der Waals surface area contributed by atoms with Crippen LogP contribution in [-0.4, -0.2) is 41.1 Å². The zero-order valence-corrected chi connectivity index (χ0v) is 11.7. The average molecular weight is 289 g/mol. The molecule has 20 heavy (non-hydrogen) atoms. The highest BCUT2D eigenvalue weighted by Gasteiger charge is 2.32. The Labute approximate surface area is 116 Å². The van der Waals surface area contributed by atoms with Crippen molar-refractivity contribution in [2.45, 2.75) is 39.2 Å². The lowest BCUT2D eigenvalue weighted by atomic mass is 10.2. The van der Waals surface area contributed by atoms with Crippen LogP contribution >= 0.6 is 0 Å². The Bertz CT molecular complexity index is 385. The third-order valence-corrected chi connectivity index (χ3v) is 1.77. The zero-order chi connectivity index (χ0) is 15.9. The molecule has 0 aromatic carbocycles. The summed E-state index contributed by atoms with van der Waals surface area (Å²) >= 11 is 0. The Hall–Kier alpha value is -2.16. The summed E-state index contributed by atoms with van der Waals surface area (Å²) in [4.78, 5) is 46.6. The van der Waals surface area contributed by atoms with Gasteiger partial charge in [-0.25, -0.2) is 9.59 Å². The first-order valence-corrected chi connectivity index (χ1v) is 5.82. The highest BCUT2D eigenvalue weighted by Crippen LogP contribution is 2.11. The third-order valence-electron chi connectivity index (χ3n) is 1.77. The second-order valence-electron chi connectivity index (χ2n) is 4.78. The molecule has 4 N–H and O–H groups in total. The normalized spacial score (nSPS) is 14.5. The van der Waals surface area contributed by atoms with Gasteiger partial charge in [-0.05, 0) is 20.8 Å². The van der Waals surface area contributed by atoms with E-state index in [0.717, 1.165) is 0 Å². The third kappa shape index (κ3) is 7.31. The molecule has 3 amide bonds. The van der Waals surface area contributed by atoms with E-state index in [-0.39, 0.29) is 19.4 Å². The van der Waals surface area contributed by atoms with Gasteiger partial charge in [0.15, 0.2) is 0 Å². The first-order chi connectivity index (χ1) is 9.06. The SMILES string of the molecule is CC(C)(C)OC(N)=O.NCC(=O)ON1C(=O)CCC1=O. The first-order valence-electron chi connectivity index (χ1n) is 5.82. The monoisotopic (exact) mass is 289 g/mol. The van der Waals surface area contributed by atoms with Gasteiger partial charge in [0.05, 0.1) is 6.54 Å². The molecule has 0 aromatic heterocycles. The molecule has 0 bridgehead atoms. The smallest absolute Gasteiger partial charge is 0.405 e. The van der Waals surface area contributed by atoms with Gasteiger partial charge in [-0.3, -0.25) is 9.59 Å². The number of rotatable bonds is 2. The minimum absolute atomic E-state index is 0.0939. The fourth-order valence-electron chi connectivity index (χ4n) is 1.10. The molecule has 0 saturated carbocycles. The number of nitrogens with zero attached hydrogens (tertiary/aromatic N) is 1. The van der Waals surface area contributed by atoms with Gasteiger partial charge in [0, 0.05) is 12.8 Å². The minimum Gasteiger partial charge on any atom is -0.444 e. The predicted molar refractivity (Wildman–Crippen MR) is 66.7 cm³/mol. The van der Waals surface area contributed by atoms with E-state index in [1.54, 1.807) is 20.8 Å². The lowest BCUT2D eigenvalue weighted by Gasteiger charge is -2.16. The molecule has 0 aliphatic carbocycles. The van der Waals surface area contributed by atoms with Gasteiger partial charge in [0.2, 0.25) is 0 Å². The van der Waals surface area contributed by atoms with Gasteiger partial charge in [-0.15, -0.1) is 5.06 Å². The molecule has 1 fully saturated rings. The van der Waals surface area contributed by atoms with Crippen molar-refractivity contribution in [3.63, 3.8) is 0 Å². The van der Waals surface area contributed by atoms with Gasteiger partial charge in [-0.2, -0.15) is 0 Å². The first kappa shape index (κ1) is 17.8. The van der Waals surface area contributed by atoms with E-state index < -0.39 is 29.5 Å². The van der Waals surface area contributed by atoms with Crippen LogP contribution in [0.5, 0.6) is 0 Å². The zero-order valence-electron chi connectivity index (χ0n) is 11.7. The van der Waals surface area contributed by atoms with Gasteiger partial charge in [0.25, 0.3) is 11.8 Å². The molecule has 1 aliphatic rings. The van der Waals surface area contributed by atoms with Gasteiger partial charge in [0.1, 0.15) is 5.60 Å². The second-order valence-corrected chi connectivity index (χ2v) is 4.78. The number of nitrogens with two attached hydrogens (primary N) is 2. The van der Waals surface area contributed by atoms with Crippen molar-refractivity contribution in [3.05, 3.63) is 0 Å². The molecule has 0 radical (unpaired) electrons. The molecule has 0 unspecified atom stereocenters. The van der Waals surface area contributed by atoms with Crippen LogP contribution < -0.4 is 11.5 Å². The lowest BCUT2D eigenvalue weighted by Crippen LogP contribution is -2.34. The summed E-state index contributed by atoms with van der Waals surface area (Å²) in [6, 6.07) is 0. The molecule has 0 spiro atoms. The van der Waals surface area contributed by atoms with E-state index in [1.165, 1.54) is 0 Å². The second kappa shape index (κ2) is 7.43. The summed E-state index contributed by atoms with van der Waals surface area (Å²) in [5.41, 5.74) is 9.18. The molecule has 1 aliphatic heterocycles. The largest absolute Gasteiger partial charge is 0.444 e. The number of primary amides is 1. The van der Waals surface area contributed by atoms with Gasteiger partial charge >= 0.3 is 12.1 Å². The summed E-state index contributed by atoms with van der Waals surface area (Å²) in [6.45, 7) is 4.93. The fraction of sp³-hybridized carbons (Fsp3) is 0.636. The lowest BCUT2D eigenvalue weighted by molar-refractivity contribution is -0.196. The molecule has 9 heteroatoms. The maximum Gasteiger partial charge on any atom is 0.405 e. The van der Waals surface area contributed by atoms with E-state index >= 15 is 0 Å². The number of hydrogen-bond donors (Lipinski definition) is 2. The van der Waals surface area contributed by atoms with Crippen LogP contribution in [0.4, 0.5) is 4.79 Å². The number of imide groups is 1. The molecule has 1 saturated heterocycles. The van der Waals surface area contributed by atoms with Crippen LogP contribution in [0, 0.1) is 0 Å². The van der Waals surface area contributed by atoms with E-state index in [4.69, 9.17) is 11.5 Å². The topological polar surface area (TPSA) is 142 Å². The molecular formula is C11H19N3O6. The van der Waals surface area contributed by atoms with Gasteiger partial charge < -0.3 is 21.0 Å². The molecular weight excluding hydrogens is 270 g/mol. The van der Waals surface area contributed by atoms with Crippen LogP contribution in [0.3, 0.4) is 0 Å². The molecule has 1 rings (SSSR count). The quantitative estimate of drug-likeness (QED) is 0.648. The highest BCUT2D eigenvalue weighted by molar-refractivity contribution is 6.01. The van der Waals surface area contributed by atoms with Crippen LogP contribution in [0.1, 0.15) is 33.6 Å². The van der Waals surface area contributed by atoms with E-state index in [1.807, 2.05) is 0 Å². The van der Waals surface area contributed by atoms with Gasteiger partial charge in [-0.1, -0.05) is 0 Å². The molecule has 0 aromatic rings. The molecule has 9 nitrogen and oxygen atoms in total. The number of ether oxygens (including phenoxy) is 1. The van der Waals surface area contributed by atoms with Crippen molar-refractivity contribution in [1.29, 1.82) is 0 Å². The number of carbonyl (C=O) groups excluding carboxylic acids is 4. The highest BCUT2D eigenvalue weighted by atomic mass is 16.7. The van der Waals surface area contributed by atoms with Crippen molar-refractivity contribution < 1.29 is 28.8 Å².